The molecule has 0 bridgehead atoms. The largest absolute Gasteiger partial charge is 0.455 e. The first kappa shape index (κ1) is 40.2. The number of furan rings is 2. The first-order valence-corrected chi connectivity index (χ1v) is 26.8. The lowest BCUT2D eigenvalue weighted by atomic mass is 9.76. The van der Waals surface area contributed by atoms with Gasteiger partial charge in [-0.25, -0.2) is 0 Å². The second-order valence-corrected chi connectivity index (χ2v) is 23.7. The Balaban J connectivity index is 0.883. The SMILES string of the molecule is CC1(C)c2cc3c(cc2-c2c1cc(-c1ccc4c(c1)C1(CCCC1)c1ccccc1-4)c1oc4ccccc4c21)C(C)(C)c1cc(-c2ccc4c(c2)C2(CCCC2)c2ccccc2-4)c2oc4ccccc4c2c1-3. The summed E-state index contributed by atoms with van der Waals surface area (Å²) in [5, 5.41) is 4.85. The summed E-state index contributed by atoms with van der Waals surface area (Å²) in [7, 11) is 0. The third-order valence-corrected chi connectivity index (χ3v) is 19.8. The lowest BCUT2D eigenvalue weighted by Gasteiger charge is -2.27. The Morgan fingerprint density at radius 2 is 0.694 bits per heavy atom. The maximum atomic E-state index is 7.13. The van der Waals surface area contributed by atoms with Crippen LogP contribution in [-0.2, 0) is 21.7 Å². The number of para-hydroxylation sites is 2. The van der Waals surface area contributed by atoms with Crippen molar-refractivity contribution in [3.05, 3.63) is 202 Å². The van der Waals surface area contributed by atoms with Crippen LogP contribution in [0.15, 0.2) is 167 Å². The Morgan fingerprint density at radius 1 is 0.319 bits per heavy atom. The van der Waals surface area contributed by atoms with E-state index in [4.69, 9.17) is 8.83 Å². The van der Waals surface area contributed by atoms with Gasteiger partial charge in [0.25, 0.3) is 0 Å². The van der Waals surface area contributed by atoms with Crippen LogP contribution in [0.1, 0.15) is 124 Å². The van der Waals surface area contributed by atoms with Crippen molar-refractivity contribution in [3.63, 3.8) is 0 Å². The molecular formula is C70H54O2. The van der Waals surface area contributed by atoms with Crippen LogP contribution < -0.4 is 0 Å². The van der Waals surface area contributed by atoms with E-state index >= 15 is 0 Å². The van der Waals surface area contributed by atoms with E-state index in [-0.39, 0.29) is 21.7 Å². The van der Waals surface area contributed by atoms with Crippen LogP contribution in [0.5, 0.6) is 0 Å². The third kappa shape index (κ3) is 4.71. The molecule has 2 nitrogen and oxygen atoms in total. The van der Waals surface area contributed by atoms with Gasteiger partial charge in [-0.1, -0.05) is 163 Å². The molecule has 6 aliphatic carbocycles. The van der Waals surface area contributed by atoms with Gasteiger partial charge in [-0.2, -0.15) is 0 Å². The molecule has 0 N–H and O–H groups in total. The fourth-order valence-corrected chi connectivity index (χ4v) is 16.4. The molecule has 2 fully saturated rings. The zero-order valence-corrected chi connectivity index (χ0v) is 41.5. The normalized spacial score (nSPS) is 18.3. The molecule has 2 aromatic heterocycles. The molecule has 11 aromatic rings. The van der Waals surface area contributed by atoms with Gasteiger partial charge >= 0.3 is 0 Å². The molecule has 0 aliphatic heterocycles. The number of benzene rings is 9. The van der Waals surface area contributed by atoms with Crippen LogP contribution in [0.25, 0.3) is 111 Å². The molecule has 2 spiro atoms. The molecule has 0 unspecified atom stereocenters. The minimum absolute atomic E-state index is 0.0866. The zero-order chi connectivity index (χ0) is 47.6. The fourth-order valence-electron chi connectivity index (χ4n) is 16.4. The second-order valence-electron chi connectivity index (χ2n) is 23.7. The number of fused-ring (bicyclic) bond motifs is 24. The van der Waals surface area contributed by atoms with Crippen LogP contribution >= 0.6 is 0 Å². The van der Waals surface area contributed by atoms with E-state index in [2.05, 4.69) is 185 Å². The highest BCUT2D eigenvalue weighted by Gasteiger charge is 2.48. The summed E-state index contributed by atoms with van der Waals surface area (Å²) in [5.74, 6) is 0. The van der Waals surface area contributed by atoms with Crippen LogP contribution in [0, 0.1) is 0 Å². The van der Waals surface area contributed by atoms with Gasteiger partial charge in [0.1, 0.15) is 22.3 Å². The van der Waals surface area contributed by atoms with Gasteiger partial charge in [-0.15, -0.1) is 0 Å². The summed E-state index contributed by atoms with van der Waals surface area (Å²) in [6.07, 6.45) is 9.94. The summed E-state index contributed by atoms with van der Waals surface area (Å²) in [6.45, 7) is 9.85. The summed E-state index contributed by atoms with van der Waals surface area (Å²) >= 11 is 0. The van der Waals surface area contributed by atoms with E-state index in [1.165, 1.54) is 184 Å². The predicted octanol–water partition coefficient (Wildman–Crippen LogP) is 19.1. The Bertz CT molecular complexity index is 4010. The molecule has 2 heteroatoms. The first-order valence-electron chi connectivity index (χ1n) is 26.8. The first-order chi connectivity index (χ1) is 35.2. The van der Waals surface area contributed by atoms with Crippen molar-refractivity contribution in [2.75, 3.05) is 0 Å². The van der Waals surface area contributed by atoms with E-state index in [1.807, 2.05) is 0 Å². The van der Waals surface area contributed by atoms with Crippen molar-refractivity contribution in [2.45, 2.75) is 101 Å². The summed E-state index contributed by atoms with van der Waals surface area (Å²) in [6, 6.07) is 60.9. The van der Waals surface area contributed by atoms with Gasteiger partial charge in [0, 0.05) is 54.3 Å². The minimum atomic E-state index is -0.288. The lowest BCUT2D eigenvalue weighted by Crippen LogP contribution is -2.20. The highest BCUT2D eigenvalue weighted by molar-refractivity contribution is 6.21. The number of hydrogen-bond acceptors (Lipinski definition) is 2. The van der Waals surface area contributed by atoms with Gasteiger partial charge in [-0.3, -0.25) is 0 Å². The van der Waals surface area contributed by atoms with Crippen LogP contribution in [0.2, 0.25) is 0 Å². The van der Waals surface area contributed by atoms with E-state index in [0.717, 1.165) is 22.3 Å². The number of hydrogen-bond donors (Lipinski definition) is 0. The maximum absolute atomic E-state index is 7.13. The molecule has 2 saturated carbocycles. The zero-order valence-electron chi connectivity index (χ0n) is 41.5. The van der Waals surface area contributed by atoms with Crippen molar-refractivity contribution in [1.29, 1.82) is 0 Å². The lowest BCUT2D eigenvalue weighted by molar-refractivity contribution is 0.550. The summed E-state index contributed by atoms with van der Waals surface area (Å²) in [5.41, 5.74) is 30.9. The van der Waals surface area contributed by atoms with Gasteiger partial charge in [-0.05, 0) is 174 Å². The molecule has 9 aromatic carbocycles. The Hall–Kier alpha value is -7.42. The summed E-state index contributed by atoms with van der Waals surface area (Å²) < 4.78 is 14.3. The smallest absolute Gasteiger partial charge is 0.143 e. The molecule has 17 rings (SSSR count). The van der Waals surface area contributed by atoms with E-state index in [0.29, 0.717) is 0 Å². The van der Waals surface area contributed by atoms with Crippen LogP contribution in [0.3, 0.4) is 0 Å². The van der Waals surface area contributed by atoms with Gasteiger partial charge in [0.15, 0.2) is 0 Å². The maximum Gasteiger partial charge on any atom is 0.143 e. The Morgan fingerprint density at radius 3 is 1.14 bits per heavy atom. The van der Waals surface area contributed by atoms with Crippen LogP contribution in [0.4, 0.5) is 0 Å². The quantitative estimate of drug-likeness (QED) is 0.173. The fraction of sp³-hybridized carbons (Fsp3) is 0.229. The molecule has 0 amide bonds. The predicted molar refractivity (Wildman–Crippen MR) is 296 cm³/mol. The minimum Gasteiger partial charge on any atom is -0.455 e. The highest BCUT2D eigenvalue weighted by atomic mass is 16.3. The van der Waals surface area contributed by atoms with Crippen LogP contribution in [-0.4, -0.2) is 0 Å². The van der Waals surface area contributed by atoms with Gasteiger partial charge < -0.3 is 8.83 Å². The van der Waals surface area contributed by atoms with E-state index in [9.17, 15) is 0 Å². The summed E-state index contributed by atoms with van der Waals surface area (Å²) in [4.78, 5) is 0. The average Bonchev–Trinajstić information content (AvgIpc) is 4.31. The van der Waals surface area contributed by atoms with Gasteiger partial charge in [0.05, 0.1) is 0 Å². The molecule has 72 heavy (non-hydrogen) atoms. The van der Waals surface area contributed by atoms with E-state index < -0.39 is 0 Å². The number of rotatable bonds is 2. The molecule has 346 valence electrons. The van der Waals surface area contributed by atoms with Crippen molar-refractivity contribution in [3.8, 4) is 66.8 Å². The molecule has 0 atom stereocenters. The standard InChI is InChI=1S/C70H54O2/c1-67(2)53-37-50-54(38-49(53)61-57(67)35-47(65-63(61)45-19-7-11-23-59(45)71-65)39-25-27-43-41-17-5-9-21-51(41)69(55(43)33-39)29-13-14-30-69)68(3,4)58-36-48(66-64(62(50)58)46-20-8-12-24-60(46)72-66)40-26-28-44-42-18-6-10-22-52(42)70(56(44)34-40)31-15-16-32-70/h5-12,17-28,33-38H,13-16,29-32H2,1-4H3. The van der Waals surface area contributed by atoms with Crippen molar-refractivity contribution in [1.82, 2.24) is 0 Å². The Labute approximate surface area is 420 Å². The molecule has 2 heterocycles. The molecule has 0 saturated heterocycles. The van der Waals surface area contributed by atoms with E-state index in [1.54, 1.807) is 0 Å². The highest BCUT2D eigenvalue weighted by Crippen LogP contribution is 2.64. The van der Waals surface area contributed by atoms with Gasteiger partial charge in [0.2, 0.25) is 0 Å². The Kier molecular flexibility index (Phi) is 7.45. The topological polar surface area (TPSA) is 26.3 Å². The molecular weight excluding hydrogens is 873 g/mol. The molecule has 6 aliphatic rings. The monoisotopic (exact) mass is 926 g/mol. The second kappa shape index (κ2) is 13.3. The van der Waals surface area contributed by atoms with Crippen molar-refractivity contribution >= 4 is 43.9 Å². The van der Waals surface area contributed by atoms with Crippen molar-refractivity contribution < 1.29 is 8.83 Å². The third-order valence-electron chi connectivity index (χ3n) is 19.8. The molecule has 0 radical (unpaired) electrons. The van der Waals surface area contributed by atoms with Crippen molar-refractivity contribution in [2.24, 2.45) is 0 Å². The average molecular weight is 927 g/mol.